The normalized spacial score (nSPS) is 14.8. The number of benzene rings is 2. The largest absolute Gasteiger partial charge is 0.507 e. The molecule has 0 saturated heterocycles. The van der Waals surface area contributed by atoms with Gasteiger partial charge in [0.1, 0.15) is 11.6 Å². The molecule has 1 N–H and O–H groups in total. The molecule has 3 aromatic rings. The number of hydrogen-bond donors (Lipinski definition) is 1. The molecular weight excluding hydrogens is 316 g/mol. The van der Waals surface area contributed by atoms with Crippen LogP contribution in [0.2, 0.25) is 0 Å². The van der Waals surface area contributed by atoms with Crippen molar-refractivity contribution in [3.05, 3.63) is 46.9 Å². The van der Waals surface area contributed by atoms with Gasteiger partial charge in [0, 0.05) is 11.6 Å². The minimum atomic E-state index is 0.247. The van der Waals surface area contributed by atoms with Crippen molar-refractivity contribution in [2.45, 2.75) is 18.9 Å². The summed E-state index contributed by atoms with van der Waals surface area (Å²) in [6.45, 7) is 0. The third kappa shape index (κ3) is 1.83. The van der Waals surface area contributed by atoms with Crippen molar-refractivity contribution in [2.24, 2.45) is 0 Å². The Balaban J connectivity index is 1.98. The highest BCUT2D eigenvalue weighted by atomic mass is 79.9. The summed E-state index contributed by atoms with van der Waals surface area (Å²) in [7, 11) is 0. The third-order valence-electron chi connectivity index (χ3n) is 3.71. The molecule has 0 unspecified atom stereocenters. The van der Waals surface area contributed by atoms with Crippen molar-refractivity contribution in [1.82, 2.24) is 9.55 Å². The molecule has 1 aromatic heterocycles. The molecule has 0 amide bonds. The average molecular weight is 329 g/mol. The maximum Gasteiger partial charge on any atom is 0.141 e. The standard InChI is InChI=1S/C16H13BrN2O/c17-12-8-5-10(9-15(12)20)16-18-13-3-1-2-4-14(13)19(16)11-6-7-11/h1-5,8-9,11,20H,6-7H2. The second-order valence-electron chi connectivity index (χ2n) is 5.19. The molecule has 0 atom stereocenters. The number of phenolic OH excluding ortho intramolecular Hbond substituents is 1. The van der Waals surface area contributed by atoms with Gasteiger partial charge < -0.3 is 9.67 Å². The fraction of sp³-hybridized carbons (Fsp3) is 0.188. The number of fused-ring (bicyclic) bond motifs is 1. The van der Waals surface area contributed by atoms with Crippen molar-refractivity contribution in [2.75, 3.05) is 0 Å². The molecule has 0 radical (unpaired) electrons. The summed E-state index contributed by atoms with van der Waals surface area (Å²) in [4.78, 5) is 4.75. The topological polar surface area (TPSA) is 38.1 Å². The summed E-state index contributed by atoms with van der Waals surface area (Å²) < 4.78 is 3.01. The number of aromatic hydroxyl groups is 1. The van der Waals surface area contributed by atoms with E-state index in [4.69, 9.17) is 4.98 Å². The van der Waals surface area contributed by atoms with E-state index < -0.39 is 0 Å². The number of rotatable bonds is 2. The van der Waals surface area contributed by atoms with Gasteiger partial charge in [0.25, 0.3) is 0 Å². The molecule has 3 nitrogen and oxygen atoms in total. The monoisotopic (exact) mass is 328 g/mol. The van der Waals surface area contributed by atoms with Gasteiger partial charge in [-0.1, -0.05) is 12.1 Å². The van der Waals surface area contributed by atoms with Crippen LogP contribution in [0.4, 0.5) is 0 Å². The first-order valence-electron chi connectivity index (χ1n) is 6.70. The first-order chi connectivity index (χ1) is 9.74. The summed E-state index contributed by atoms with van der Waals surface area (Å²) >= 11 is 3.32. The van der Waals surface area contributed by atoms with E-state index in [9.17, 15) is 5.11 Å². The Morgan fingerprint density at radius 2 is 1.95 bits per heavy atom. The molecule has 1 aliphatic rings. The fourth-order valence-corrected chi connectivity index (χ4v) is 2.85. The van der Waals surface area contributed by atoms with Gasteiger partial charge in [-0.2, -0.15) is 0 Å². The Hall–Kier alpha value is -1.81. The Morgan fingerprint density at radius 3 is 2.70 bits per heavy atom. The van der Waals surface area contributed by atoms with Gasteiger partial charge in [0.05, 0.1) is 15.5 Å². The second kappa shape index (κ2) is 4.35. The van der Waals surface area contributed by atoms with E-state index in [1.165, 1.54) is 18.4 Å². The maximum atomic E-state index is 9.90. The van der Waals surface area contributed by atoms with Crippen LogP contribution in [0, 0.1) is 0 Å². The number of nitrogens with zero attached hydrogens (tertiary/aromatic N) is 2. The van der Waals surface area contributed by atoms with Gasteiger partial charge in [-0.05, 0) is 59.1 Å². The highest BCUT2D eigenvalue weighted by molar-refractivity contribution is 9.10. The van der Waals surface area contributed by atoms with Crippen LogP contribution in [-0.4, -0.2) is 14.7 Å². The number of phenols is 1. The lowest BCUT2D eigenvalue weighted by molar-refractivity contribution is 0.472. The molecule has 0 spiro atoms. The Bertz CT molecular complexity index is 805. The molecule has 1 aliphatic carbocycles. The van der Waals surface area contributed by atoms with Gasteiger partial charge >= 0.3 is 0 Å². The molecule has 100 valence electrons. The van der Waals surface area contributed by atoms with Crippen LogP contribution in [0.5, 0.6) is 5.75 Å². The van der Waals surface area contributed by atoms with Crippen LogP contribution < -0.4 is 0 Å². The van der Waals surface area contributed by atoms with Gasteiger partial charge in [-0.15, -0.1) is 0 Å². The summed E-state index contributed by atoms with van der Waals surface area (Å²) in [6, 6.07) is 14.4. The van der Waals surface area contributed by atoms with Crippen LogP contribution in [0.25, 0.3) is 22.4 Å². The molecule has 1 fully saturated rings. The number of para-hydroxylation sites is 2. The van der Waals surface area contributed by atoms with Crippen LogP contribution in [0.1, 0.15) is 18.9 Å². The van der Waals surface area contributed by atoms with E-state index >= 15 is 0 Å². The first kappa shape index (κ1) is 12.0. The van der Waals surface area contributed by atoms with E-state index in [0.717, 1.165) is 16.9 Å². The molecule has 20 heavy (non-hydrogen) atoms. The minimum Gasteiger partial charge on any atom is -0.507 e. The average Bonchev–Trinajstić information content (AvgIpc) is 3.22. The molecule has 1 saturated carbocycles. The zero-order chi connectivity index (χ0) is 13.7. The highest BCUT2D eigenvalue weighted by Crippen LogP contribution is 2.42. The van der Waals surface area contributed by atoms with Crippen molar-refractivity contribution >= 4 is 27.0 Å². The first-order valence-corrected chi connectivity index (χ1v) is 7.49. The molecule has 4 heteroatoms. The van der Waals surface area contributed by atoms with Crippen molar-refractivity contribution < 1.29 is 5.11 Å². The zero-order valence-electron chi connectivity index (χ0n) is 10.8. The number of halogens is 1. The Labute approximate surface area is 125 Å². The van der Waals surface area contributed by atoms with Gasteiger partial charge in [-0.3, -0.25) is 0 Å². The maximum absolute atomic E-state index is 9.90. The van der Waals surface area contributed by atoms with Gasteiger partial charge in [0.15, 0.2) is 0 Å². The van der Waals surface area contributed by atoms with Crippen molar-refractivity contribution in [3.8, 4) is 17.1 Å². The second-order valence-corrected chi connectivity index (χ2v) is 6.05. The van der Waals surface area contributed by atoms with Crippen molar-refractivity contribution in [3.63, 3.8) is 0 Å². The van der Waals surface area contributed by atoms with Crippen LogP contribution >= 0.6 is 15.9 Å². The number of imidazole rings is 1. The van der Waals surface area contributed by atoms with E-state index in [1.807, 2.05) is 30.3 Å². The third-order valence-corrected chi connectivity index (χ3v) is 4.38. The zero-order valence-corrected chi connectivity index (χ0v) is 12.3. The molecule has 4 rings (SSSR count). The molecular formula is C16H13BrN2O. The summed E-state index contributed by atoms with van der Waals surface area (Å²) in [6.07, 6.45) is 2.41. The van der Waals surface area contributed by atoms with E-state index in [-0.39, 0.29) is 5.75 Å². The Morgan fingerprint density at radius 1 is 1.15 bits per heavy atom. The van der Waals surface area contributed by atoms with E-state index in [2.05, 4.69) is 26.6 Å². The molecule has 0 bridgehead atoms. The predicted octanol–water partition coefficient (Wildman–Crippen LogP) is 4.51. The molecule has 2 aromatic carbocycles. The quantitative estimate of drug-likeness (QED) is 0.751. The Kier molecular flexibility index (Phi) is 2.60. The van der Waals surface area contributed by atoms with Gasteiger partial charge in [0.2, 0.25) is 0 Å². The lowest BCUT2D eigenvalue weighted by Gasteiger charge is -2.08. The van der Waals surface area contributed by atoms with Crippen LogP contribution in [0.3, 0.4) is 0 Å². The van der Waals surface area contributed by atoms with Gasteiger partial charge in [-0.25, -0.2) is 4.98 Å². The SMILES string of the molecule is Oc1cc(-c2nc3ccccc3n2C2CC2)ccc1Br. The van der Waals surface area contributed by atoms with Crippen molar-refractivity contribution in [1.29, 1.82) is 0 Å². The smallest absolute Gasteiger partial charge is 0.141 e. The minimum absolute atomic E-state index is 0.247. The fourth-order valence-electron chi connectivity index (χ4n) is 2.60. The number of aromatic nitrogens is 2. The highest BCUT2D eigenvalue weighted by Gasteiger charge is 2.28. The lowest BCUT2D eigenvalue weighted by atomic mass is 10.2. The summed E-state index contributed by atoms with van der Waals surface area (Å²) in [5.74, 6) is 1.19. The molecule has 1 heterocycles. The summed E-state index contributed by atoms with van der Waals surface area (Å²) in [5, 5.41) is 9.90. The van der Waals surface area contributed by atoms with Crippen LogP contribution in [0.15, 0.2) is 46.9 Å². The van der Waals surface area contributed by atoms with Crippen LogP contribution in [-0.2, 0) is 0 Å². The van der Waals surface area contributed by atoms with E-state index in [1.54, 1.807) is 6.07 Å². The lowest BCUT2D eigenvalue weighted by Crippen LogP contribution is -1.97. The predicted molar refractivity (Wildman–Crippen MR) is 82.8 cm³/mol. The summed E-state index contributed by atoms with van der Waals surface area (Å²) in [5.41, 5.74) is 3.14. The van der Waals surface area contributed by atoms with E-state index in [0.29, 0.717) is 10.5 Å². The molecule has 0 aliphatic heterocycles. The number of hydrogen-bond acceptors (Lipinski definition) is 2.